The maximum atomic E-state index is 10.9. The SMILES string of the molecule is O=C(O)c1ccc2c(c1)NCC1CCCCN21. The number of aromatic carboxylic acids is 1. The van der Waals surface area contributed by atoms with Gasteiger partial charge in [-0.25, -0.2) is 4.79 Å². The van der Waals surface area contributed by atoms with Crippen LogP contribution in [0.15, 0.2) is 18.2 Å². The van der Waals surface area contributed by atoms with E-state index in [1.165, 1.54) is 19.3 Å². The molecule has 2 aliphatic heterocycles. The lowest BCUT2D eigenvalue weighted by molar-refractivity contribution is 0.0697. The third-order valence-electron chi connectivity index (χ3n) is 3.71. The highest BCUT2D eigenvalue weighted by atomic mass is 16.4. The Morgan fingerprint density at radius 1 is 1.41 bits per heavy atom. The van der Waals surface area contributed by atoms with Crippen molar-refractivity contribution >= 4 is 17.3 Å². The first-order valence-electron chi connectivity index (χ1n) is 6.13. The van der Waals surface area contributed by atoms with E-state index in [1.54, 1.807) is 12.1 Å². The molecule has 0 aliphatic carbocycles. The fourth-order valence-corrected chi connectivity index (χ4v) is 2.82. The van der Waals surface area contributed by atoms with Crippen molar-refractivity contribution in [3.63, 3.8) is 0 Å². The van der Waals surface area contributed by atoms with Gasteiger partial charge in [-0.1, -0.05) is 0 Å². The highest BCUT2D eigenvalue weighted by Crippen LogP contribution is 2.35. The Hall–Kier alpha value is -1.71. The number of carboxylic acid groups (broad SMARTS) is 1. The second-order valence-electron chi connectivity index (χ2n) is 4.76. The van der Waals surface area contributed by atoms with Gasteiger partial charge in [0.1, 0.15) is 0 Å². The second kappa shape index (κ2) is 3.95. The highest BCUT2D eigenvalue weighted by Gasteiger charge is 2.28. The summed E-state index contributed by atoms with van der Waals surface area (Å²) in [6.45, 7) is 2.02. The molecular formula is C13H16N2O2. The topological polar surface area (TPSA) is 52.6 Å². The van der Waals surface area contributed by atoms with E-state index in [-0.39, 0.29) is 0 Å². The molecule has 2 aliphatic rings. The summed E-state index contributed by atoms with van der Waals surface area (Å²) in [6.07, 6.45) is 3.76. The molecule has 0 aromatic heterocycles. The highest BCUT2D eigenvalue weighted by molar-refractivity contribution is 5.91. The molecule has 1 saturated heterocycles. The van der Waals surface area contributed by atoms with E-state index in [4.69, 9.17) is 5.11 Å². The Morgan fingerprint density at radius 2 is 2.29 bits per heavy atom. The normalized spacial score (nSPS) is 22.4. The van der Waals surface area contributed by atoms with Crippen LogP contribution in [-0.4, -0.2) is 30.2 Å². The number of nitrogens with one attached hydrogen (secondary N) is 1. The number of piperidine rings is 1. The van der Waals surface area contributed by atoms with E-state index in [0.717, 1.165) is 24.5 Å². The number of rotatable bonds is 1. The predicted octanol–water partition coefficient (Wildman–Crippen LogP) is 2.17. The van der Waals surface area contributed by atoms with Gasteiger partial charge in [-0.15, -0.1) is 0 Å². The van der Waals surface area contributed by atoms with Crippen LogP contribution in [0, 0.1) is 0 Å². The Morgan fingerprint density at radius 3 is 3.12 bits per heavy atom. The monoisotopic (exact) mass is 232 g/mol. The molecule has 0 amide bonds. The van der Waals surface area contributed by atoms with Gasteiger partial charge in [-0.3, -0.25) is 0 Å². The molecule has 0 radical (unpaired) electrons. The zero-order chi connectivity index (χ0) is 11.8. The van der Waals surface area contributed by atoms with Gasteiger partial charge in [0.15, 0.2) is 0 Å². The summed E-state index contributed by atoms with van der Waals surface area (Å²) >= 11 is 0. The summed E-state index contributed by atoms with van der Waals surface area (Å²) in [6, 6.07) is 5.94. The van der Waals surface area contributed by atoms with Gasteiger partial charge in [-0.05, 0) is 37.5 Å². The van der Waals surface area contributed by atoms with Crippen molar-refractivity contribution in [3.8, 4) is 0 Å². The number of carbonyl (C=O) groups is 1. The number of fused-ring (bicyclic) bond motifs is 3. The van der Waals surface area contributed by atoms with Crippen molar-refractivity contribution in [2.24, 2.45) is 0 Å². The lowest BCUT2D eigenvalue weighted by Gasteiger charge is -2.42. The summed E-state index contributed by atoms with van der Waals surface area (Å²) in [7, 11) is 0. The molecular weight excluding hydrogens is 216 g/mol. The minimum Gasteiger partial charge on any atom is -0.478 e. The molecule has 0 spiro atoms. The van der Waals surface area contributed by atoms with Crippen LogP contribution in [0.5, 0.6) is 0 Å². The first kappa shape index (κ1) is 10.4. The van der Waals surface area contributed by atoms with E-state index in [1.807, 2.05) is 6.07 Å². The first-order valence-corrected chi connectivity index (χ1v) is 6.13. The van der Waals surface area contributed by atoms with E-state index in [9.17, 15) is 4.79 Å². The molecule has 17 heavy (non-hydrogen) atoms. The molecule has 1 unspecified atom stereocenters. The van der Waals surface area contributed by atoms with Crippen LogP contribution in [0.25, 0.3) is 0 Å². The minimum atomic E-state index is -0.865. The van der Waals surface area contributed by atoms with Gasteiger partial charge in [0.05, 0.1) is 16.9 Å². The summed E-state index contributed by atoms with van der Waals surface area (Å²) in [5.41, 5.74) is 2.47. The maximum absolute atomic E-state index is 10.9. The van der Waals surface area contributed by atoms with Crippen molar-refractivity contribution in [3.05, 3.63) is 23.8 Å². The predicted molar refractivity (Wildman–Crippen MR) is 66.9 cm³/mol. The summed E-state index contributed by atoms with van der Waals surface area (Å²) in [5.74, 6) is -0.865. The second-order valence-corrected chi connectivity index (χ2v) is 4.76. The fourth-order valence-electron chi connectivity index (χ4n) is 2.82. The van der Waals surface area contributed by atoms with Crippen LogP contribution >= 0.6 is 0 Å². The Balaban J connectivity index is 1.97. The van der Waals surface area contributed by atoms with Crippen molar-refractivity contribution in [1.82, 2.24) is 0 Å². The molecule has 0 bridgehead atoms. The lowest BCUT2D eigenvalue weighted by atomic mass is 9.97. The molecule has 4 heteroatoms. The van der Waals surface area contributed by atoms with E-state index in [0.29, 0.717) is 11.6 Å². The van der Waals surface area contributed by atoms with E-state index < -0.39 is 5.97 Å². The average Bonchev–Trinajstić information content (AvgIpc) is 2.38. The van der Waals surface area contributed by atoms with Crippen LogP contribution in [0.4, 0.5) is 11.4 Å². The van der Waals surface area contributed by atoms with Crippen molar-refractivity contribution in [2.45, 2.75) is 25.3 Å². The number of nitrogens with zero attached hydrogens (tertiary/aromatic N) is 1. The van der Waals surface area contributed by atoms with Crippen LogP contribution in [0.2, 0.25) is 0 Å². The molecule has 2 N–H and O–H groups in total. The third-order valence-corrected chi connectivity index (χ3v) is 3.71. The molecule has 1 atom stereocenters. The average molecular weight is 232 g/mol. The summed E-state index contributed by atoms with van der Waals surface area (Å²) in [4.78, 5) is 13.3. The quantitative estimate of drug-likeness (QED) is 0.779. The molecule has 90 valence electrons. The van der Waals surface area contributed by atoms with Crippen LogP contribution < -0.4 is 10.2 Å². The van der Waals surface area contributed by atoms with Crippen molar-refractivity contribution in [2.75, 3.05) is 23.3 Å². The molecule has 1 aromatic rings. The largest absolute Gasteiger partial charge is 0.478 e. The maximum Gasteiger partial charge on any atom is 0.335 e. The van der Waals surface area contributed by atoms with E-state index >= 15 is 0 Å². The Kier molecular flexibility index (Phi) is 2.42. The number of anilines is 2. The zero-order valence-corrected chi connectivity index (χ0v) is 9.65. The van der Waals surface area contributed by atoms with Gasteiger partial charge in [0.2, 0.25) is 0 Å². The Bertz CT molecular complexity index is 459. The van der Waals surface area contributed by atoms with Crippen LogP contribution in [0.3, 0.4) is 0 Å². The fraction of sp³-hybridized carbons (Fsp3) is 0.462. The number of hydrogen-bond donors (Lipinski definition) is 2. The molecule has 1 fully saturated rings. The minimum absolute atomic E-state index is 0.353. The summed E-state index contributed by atoms with van der Waals surface area (Å²) in [5, 5.41) is 12.3. The molecule has 4 nitrogen and oxygen atoms in total. The van der Waals surface area contributed by atoms with Gasteiger partial charge in [-0.2, -0.15) is 0 Å². The molecule has 1 aromatic carbocycles. The third kappa shape index (κ3) is 1.73. The number of hydrogen-bond acceptors (Lipinski definition) is 3. The number of benzene rings is 1. The molecule has 0 saturated carbocycles. The smallest absolute Gasteiger partial charge is 0.335 e. The Labute approximate surface area is 100 Å². The van der Waals surface area contributed by atoms with Crippen molar-refractivity contribution < 1.29 is 9.90 Å². The standard InChI is InChI=1S/C13H16N2O2/c16-13(17)9-4-5-12-11(7-9)14-8-10-3-1-2-6-15(10)12/h4-5,7,10,14H,1-3,6,8H2,(H,16,17). The van der Waals surface area contributed by atoms with Crippen molar-refractivity contribution in [1.29, 1.82) is 0 Å². The molecule has 3 rings (SSSR count). The number of carboxylic acids is 1. The van der Waals surface area contributed by atoms with Gasteiger partial charge in [0.25, 0.3) is 0 Å². The van der Waals surface area contributed by atoms with Crippen LogP contribution in [-0.2, 0) is 0 Å². The lowest BCUT2D eigenvalue weighted by Crippen LogP contribution is -2.47. The van der Waals surface area contributed by atoms with Crippen LogP contribution in [0.1, 0.15) is 29.6 Å². The first-order chi connectivity index (χ1) is 8.25. The van der Waals surface area contributed by atoms with Gasteiger partial charge < -0.3 is 15.3 Å². The van der Waals surface area contributed by atoms with Gasteiger partial charge in [0, 0.05) is 19.1 Å². The van der Waals surface area contributed by atoms with E-state index in [2.05, 4.69) is 10.2 Å². The zero-order valence-electron chi connectivity index (χ0n) is 9.65. The molecule has 2 heterocycles. The van der Waals surface area contributed by atoms with Gasteiger partial charge >= 0.3 is 5.97 Å². The summed E-state index contributed by atoms with van der Waals surface area (Å²) < 4.78 is 0.